The van der Waals surface area contributed by atoms with Crippen LogP contribution in [0.1, 0.15) is 34.9 Å². The number of carbonyl (C=O) groups is 1. The van der Waals surface area contributed by atoms with Gasteiger partial charge in [-0.3, -0.25) is 4.79 Å². The van der Waals surface area contributed by atoms with Gasteiger partial charge in [-0.1, -0.05) is 12.1 Å². The third kappa shape index (κ3) is 3.25. The lowest BCUT2D eigenvalue weighted by molar-refractivity contribution is 0.0426. The van der Waals surface area contributed by atoms with Crippen molar-refractivity contribution in [3.05, 3.63) is 47.5 Å². The molecule has 1 amide bonds. The molecule has 2 atom stereocenters. The first-order valence-electron chi connectivity index (χ1n) is 10.0. The Labute approximate surface area is 169 Å². The Kier molecular flexibility index (Phi) is 4.67. The molecule has 2 unspecified atom stereocenters. The summed E-state index contributed by atoms with van der Waals surface area (Å²) in [5.41, 5.74) is 2.37. The second-order valence-electron chi connectivity index (χ2n) is 7.43. The summed E-state index contributed by atoms with van der Waals surface area (Å²) in [5, 5.41) is 3.52. The molecule has 152 valence electrons. The molecule has 0 saturated carbocycles. The summed E-state index contributed by atoms with van der Waals surface area (Å²) < 4.78 is 22.9. The summed E-state index contributed by atoms with van der Waals surface area (Å²) in [7, 11) is 1.61. The monoisotopic (exact) mass is 396 g/mol. The van der Waals surface area contributed by atoms with Gasteiger partial charge in [0.05, 0.1) is 18.8 Å². The SMILES string of the molecule is COc1cc(C2Nc3ccccc3C(=O)N2CC2CCCO2)cc2c1OCCO2. The average Bonchev–Trinajstić information content (AvgIpc) is 3.28. The molecule has 0 aliphatic carbocycles. The number of fused-ring (bicyclic) bond motifs is 2. The number of nitrogens with one attached hydrogen (secondary N) is 1. The normalized spacial score (nSPS) is 22.8. The molecule has 0 spiro atoms. The molecule has 1 N–H and O–H groups in total. The number of amides is 1. The van der Waals surface area contributed by atoms with E-state index in [4.69, 9.17) is 18.9 Å². The number of methoxy groups -OCH3 is 1. The van der Waals surface area contributed by atoms with E-state index in [1.165, 1.54) is 0 Å². The highest BCUT2D eigenvalue weighted by atomic mass is 16.6. The van der Waals surface area contributed by atoms with Gasteiger partial charge in [-0.05, 0) is 37.1 Å². The lowest BCUT2D eigenvalue weighted by atomic mass is 10.0. The van der Waals surface area contributed by atoms with Crippen LogP contribution in [0.5, 0.6) is 17.2 Å². The molecule has 7 heteroatoms. The lowest BCUT2D eigenvalue weighted by Gasteiger charge is -2.39. The summed E-state index contributed by atoms with van der Waals surface area (Å²) in [6, 6.07) is 11.4. The zero-order valence-corrected chi connectivity index (χ0v) is 16.3. The van der Waals surface area contributed by atoms with Gasteiger partial charge in [-0.25, -0.2) is 0 Å². The van der Waals surface area contributed by atoms with Crippen LogP contribution in [0, 0.1) is 0 Å². The fourth-order valence-corrected chi connectivity index (χ4v) is 4.20. The van der Waals surface area contributed by atoms with Gasteiger partial charge < -0.3 is 29.2 Å². The standard InChI is InChI=1S/C22H24N2O5/c1-26-18-11-14(12-19-20(18)29-10-9-28-19)21-23-17-7-3-2-6-16(17)22(25)24(21)13-15-5-4-8-27-15/h2-3,6-7,11-12,15,21,23H,4-5,8-10,13H2,1H3. The zero-order chi connectivity index (χ0) is 19.8. The molecule has 1 saturated heterocycles. The third-order valence-electron chi connectivity index (χ3n) is 5.61. The molecular formula is C22H24N2O5. The van der Waals surface area contributed by atoms with Crippen molar-refractivity contribution in [1.82, 2.24) is 4.90 Å². The maximum absolute atomic E-state index is 13.4. The first kappa shape index (κ1) is 18.1. The maximum Gasteiger partial charge on any atom is 0.257 e. The van der Waals surface area contributed by atoms with Crippen LogP contribution < -0.4 is 19.5 Å². The Morgan fingerprint density at radius 3 is 2.86 bits per heavy atom. The van der Waals surface area contributed by atoms with Crippen LogP contribution in [0.3, 0.4) is 0 Å². The van der Waals surface area contributed by atoms with E-state index in [1.807, 2.05) is 41.3 Å². The fraction of sp³-hybridized carbons (Fsp3) is 0.409. The number of ether oxygens (including phenoxy) is 4. The van der Waals surface area contributed by atoms with Gasteiger partial charge >= 0.3 is 0 Å². The molecule has 0 aromatic heterocycles. The minimum Gasteiger partial charge on any atom is -0.493 e. The van der Waals surface area contributed by atoms with Crippen molar-refractivity contribution in [1.29, 1.82) is 0 Å². The van der Waals surface area contributed by atoms with Crippen LogP contribution in [-0.4, -0.2) is 50.4 Å². The van der Waals surface area contributed by atoms with E-state index in [1.54, 1.807) is 7.11 Å². The number of anilines is 1. The number of nitrogens with zero attached hydrogens (tertiary/aromatic N) is 1. The molecule has 29 heavy (non-hydrogen) atoms. The van der Waals surface area contributed by atoms with Crippen LogP contribution in [0.2, 0.25) is 0 Å². The van der Waals surface area contributed by atoms with Crippen molar-refractivity contribution in [2.75, 3.05) is 38.8 Å². The van der Waals surface area contributed by atoms with Crippen molar-refractivity contribution in [3.8, 4) is 17.2 Å². The number of rotatable bonds is 4. The Morgan fingerprint density at radius 1 is 1.17 bits per heavy atom. The predicted octanol–water partition coefficient (Wildman–Crippen LogP) is 3.21. The lowest BCUT2D eigenvalue weighted by Crippen LogP contribution is -2.46. The highest BCUT2D eigenvalue weighted by Crippen LogP contribution is 2.44. The molecule has 2 aromatic rings. The van der Waals surface area contributed by atoms with Crippen molar-refractivity contribution < 1.29 is 23.7 Å². The van der Waals surface area contributed by atoms with Gasteiger partial charge in [-0.2, -0.15) is 0 Å². The van der Waals surface area contributed by atoms with Gasteiger partial charge in [0.15, 0.2) is 11.5 Å². The highest BCUT2D eigenvalue weighted by molar-refractivity contribution is 6.01. The molecule has 7 nitrogen and oxygen atoms in total. The van der Waals surface area contributed by atoms with Crippen molar-refractivity contribution >= 4 is 11.6 Å². The van der Waals surface area contributed by atoms with Gasteiger partial charge in [-0.15, -0.1) is 0 Å². The Balaban J connectivity index is 1.56. The molecule has 3 heterocycles. The van der Waals surface area contributed by atoms with Gasteiger partial charge in [0.25, 0.3) is 5.91 Å². The van der Waals surface area contributed by atoms with E-state index in [0.717, 1.165) is 30.7 Å². The molecular weight excluding hydrogens is 372 g/mol. The van der Waals surface area contributed by atoms with Crippen LogP contribution in [-0.2, 0) is 4.74 Å². The summed E-state index contributed by atoms with van der Waals surface area (Å²) in [5.74, 6) is 1.84. The van der Waals surface area contributed by atoms with Crippen LogP contribution in [0.4, 0.5) is 5.69 Å². The predicted molar refractivity (Wildman–Crippen MR) is 107 cm³/mol. The molecule has 5 rings (SSSR count). The van der Waals surface area contributed by atoms with Crippen LogP contribution in [0.25, 0.3) is 0 Å². The molecule has 3 aliphatic heterocycles. The second kappa shape index (κ2) is 7.48. The molecule has 2 aromatic carbocycles. The first-order valence-corrected chi connectivity index (χ1v) is 10.0. The van der Waals surface area contributed by atoms with E-state index >= 15 is 0 Å². The number of hydrogen-bond acceptors (Lipinski definition) is 6. The van der Waals surface area contributed by atoms with Gasteiger partial charge in [0.1, 0.15) is 19.4 Å². The minimum atomic E-state index is -0.355. The topological polar surface area (TPSA) is 69.3 Å². The van der Waals surface area contributed by atoms with Crippen LogP contribution in [0.15, 0.2) is 36.4 Å². The number of hydrogen-bond donors (Lipinski definition) is 1. The summed E-state index contributed by atoms with van der Waals surface area (Å²) in [6.07, 6.45) is 1.68. The van der Waals surface area contributed by atoms with E-state index < -0.39 is 0 Å². The van der Waals surface area contributed by atoms with E-state index in [9.17, 15) is 4.79 Å². The maximum atomic E-state index is 13.4. The highest BCUT2D eigenvalue weighted by Gasteiger charge is 2.36. The molecule has 3 aliphatic rings. The van der Waals surface area contributed by atoms with E-state index in [2.05, 4.69) is 5.32 Å². The third-order valence-corrected chi connectivity index (χ3v) is 5.61. The van der Waals surface area contributed by atoms with E-state index in [-0.39, 0.29) is 18.2 Å². The largest absolute Gasteiger partial charge is 0.493 e. The smallest absolute Gasteiger partial charge is 0.257 e. The summed E-state index contributed by atoms with van der Waals surface area (Å²) in [4.78, 5) is 15.2. The Bertz CT molecular complexity index is 908. The van der Waals surface area contributed by atoms with Gasteiger partial charge in [0.2, 0.25) is 5.75 Å². The average molecular weight is 396 g/mol. The van der Waals surface area contributed by atoms with E-state index in [0.29, 0.717) is 42.6 Å². The Morgan fingerprint density at radius 2 is 2.03 bits per heavy atom. The molecule has 0 radical (unpaired) electrons. The zero-order valence-electron chi connectivity index (χ0n) is 16.3. The number of benzene rings is 2. The summed E-state index contributed by atoms with van der Waals surface area (Å²) in [6.45, 7) is 2.25. The number of carbonyl (C=O) groups excluding carboxylic acids is 1. The first-order chi connectivity index (χ1) is 14.2. The molecule has 1 fully saturated rings. The fourth-order valence-electron chi connectivity index (χ4n) is 4.20. The van der Waals surface area contributed by atoms with Crippen molar-refractivity contribution in [2.45, 2.75) is 25.1 Å². The van der Waals surface area contributed by atoms with Gasteiger partial charge in [0, 0.05) is 24.4 Å². The quantitative estimate of drug-likeness (QED) is 0.856. The second-order valence-corrected chi connectivity index (χ2v) is 7.43. The molecule has 0 bridgehead atoms. The van der Waals surface area contributed by atoms with Crippen molar-refractivity contribution in [2.24, 2.45) is 0 Å². The summed E-state index contributed by atoms with van der Waals surface area (Å²) >= 11 is 0. The van der Waals surface area contributed by atoms with Crippen LogP contribution >= 0.6 is 0 Å². The minimum absolute atomic E-state index is 0.00583. The Hall–Kier alpha value is -2.93. The number of para-hydroxylation sites is 1. The van der Waals surface area contributed by atoms with Crippen molar-refractivity contribution in [3.63, 3.8) is 0 Å².